The maximum Gasteiger partial charge on any atom is 0.272 e. The van der Waals surface area contributed by atoms with Crippen LogP contribution in [0.4, 0.5) is 11.4 Å². The van der Waals surface area contributed by atoms with Crippen LogP contribution in [0.15, 0.2) is 112 Å². The number of carbonyl (C=O) groups excluding carboxylic acids is 3. The maximum atomic E-state index is 13.3. The fourth-order valence-electron chi connectivity index (χ4n) is 3.81. The first-order chi connectivity index (χ1) is 19.9. The molecule has 0 radical (unpaired) electrons. The Hall–Kier alpha value is -4.76. The summed E-state index contributed by atoms with van der Waals surface area (Å²) in [6.07, 6.45) is 3.55. The summed E-state index contributed by atoms with van der Waals surface area (Å²) in [4.78, 5) is 39.8. The van der Waals surface area contributed by atoms with Crippen LogP contribution in [-0.4, -0.2) is 29.6 Å². The van der Waals surface area contributed by atoms with E-state index in [-0.39, 0.29) is 16.9 Å². The molecule has 0 saturated heterocycles. The van der Waals surface area contributed by atoms with Crippen molar-refractivity contribution >= 4 is 46.9 Å². The molecule has 210 valence electrons. The van der Waals surface area contributed by atoms with E-state index in [9.17, 15) is 14.4 Å². The lowest BCUT2D eigenvalue weighted by Gasteiger charge is -2.16. The Morgan fingerprint density at radius 1 is 0.878 bits per heavy atom. The van der Waals surface area contributed by atoms with Crippen molar-refractivity contribution in [1.29, 1.82) is 0 Å². The van der Waals surface area contributed by atoms with Gasteiger partial charge in [0, 0.05) is 27.9 Å². The number of amides is 3. The smallest absolute Gasteiger partial charge is 0.272 e. The first-order valence-corrected chi connectivity index (χ1v) is 14.1. The molecule has 0 bridgehead atoms. The Bertz CT molecular complexity index is 1490. The molecule has 4 aromatic rings. The first-order valence-electron chi connectivity index (χ1n) is 13.2. The Kier molecular flexibility index (Phi) is 10.4. The van der Waals surface area contributed by atoms with E-state index in [0.29, 0.717) is 35.7 Å². The molecule has 8 nitrogen and oxygen atoms in total. The Labute approximate surface area is 243 Å². The van der Waals surface area contributed by atoms with E-state index in [1.165, 1.54) is 24.1 Å². The molecule has 0 aliphatic heterocycles. The van der Waals surface area contributed by atoms with Crippen molar-refractivity contribution in [2.45, 2.75) is 30.4 Å². The van der Waals surface area contributed by atoms with Crippen LogP contribution >= 0.6 is 11.8 Å². The molecule has 3 amide bonds. The van der Waals surface area contributed by atoms with Crippen molar-refractivity contribution in [3.63, 3.8) is 0 Å². The van der Waals surface area contributed by atoms with Crippen LogP contribution in [0, 0.1) is 0 Å². The van der Waals surface area contributed by atoms with Gasteiger partial charge in [-0.2, -0.15) is 0 Å². The van der Waals surface area contributed by atoms with Crippen LogP contribution in [0.3, 0.4) is 0 Å². The second-order valence-corrected chi connectivity index (χ2v) is 10.1. The van der Waals surface area contributed by atoms with E-state index < -0.39 is 11.8 Å². The summed E-state index contributed by atoms with van der Waals surface area (Å²) in [5.41, 5.74) is 1.64. The molecule has 4 rings (SSSR count). The standard InChI is InChI=1S/C32H31N3O5S/c1-3-29(32(38)33-23-15-17-25(18-16-23)39-4-2)41-27-14-8-12-24(20-27)34-31(37)28(21-26-13-9-19-40-26)35-30(36)22-10-6-5-7-11-22/h5-21,29H,3-4H2,1-2H3,(H,33,38)(H,34,37)(H,35,36)/b28-21-. The van der Waals surface area contributed by atoms with Gasteiger partial charge in [-0.25, -0.2) is 0 Å². The van der Waals surface area contributed by atoms with Crippen molar-refractivity contribution < 1.29 is 23.5 Å². The lowest BCUT2D eigenvalue weighted by atomic mass is 10.2. The molecular formula is C32H31N3O5S. The van der Waals surface area contributed by atoms with Crippen molar-refractivity contribution in [3.05, 3.63) is 114 Å². The van der Waals surface area contributed by atoms with Crippen LogP contribution in [0.25, 0.3) is 6.08 Å². The highest BCUT2D eigenvalue weighted by atomic mass is 32.2. The minimum Gasteiger partial charge on any atom is -0.494 e. The van der Waals surface area contributed by atoms with Crippen molar-refractivity contribution in [1.82, 2.24) is 5.32 Å². The first kappa shape index (κ1) is 29.2. The number of benzene rings is 3. The second-order valence-electron chi connectivity index (χ2n) is 8.84. The van der Waals surface area contributed by atoms with Gasteiger partial charge < -0.3 is 25.1 Å². The molecule has 1 atom stereocenters. The summed E-state index contributed by atoms with van der Waals surface area (Å²) in [6, 6.07) is 26.5. The molecule has 0 spiro atoms. The zero-order chi connectivity index (χ0) is 29.0. The van der Waals surface area contributed by atoms with Gasteiger partial charge in [0.05, 0.1) is 18.1 Å². The molecule has 0 saturated carbocycles. The van der Waals surface area contributed by atoms with Crippen LogP contribution < -0.4 is 20.7 Å². The van der Waals surface area contributed by atoms with Gasteiger partial charge in [-0.1, -0.05) is 31.2 Å². The summed E-state index contributed by atoms with van der Waals surface area (Å²) < 4.78 is 10.8. The predicted molar refractivity (Wildman–Crippen MR) is 162 cm³/mol. The quantitative estimate of drug-likeness (QED) is 0.131. The number of furan rings is 1. The van der Waals surface area contributed by atoms with E-state index >= 15 is 0 Å². The zero-order valence-corrected chi connectivity index (χ0v) is 23.6. The topological polar surface area (TPSA) is 110 Å². The molecular weight excluding hydrogens is 538 g/mol. The van der Waals surface area contributed by atoms with E-state index in [4.69, 9.17) is 9.15 Å². The lowest BCUT2D eigenvalue weighted by Crippen LogP contribution is -2.30. The third kappa shape index (κ3) is 8.61. The van der Waals surface area contributed by atoms with Gasteiger partial charge in [-0.3, -0.25) is 14.4 Å². The minimum absolute atomic E-state index is 0.0213. The second kappa shape index (κ2) is 14.6. The monoisotopic (exact) mass is 569 g/mol. The van der Waals surface area contributed by atoms with Gasteiger partial charge in [0.25, 0.3) is 11.8 Å². The summed E-state index contributed by atoms with van der Waals surface area (Å²) >= 11 is 1.40. The van der Waals surface area contributed by atoms with Crippen LogP contribution in [0.5, 0.6) is 5.75 Å². The van der Waals surface area contributed by atoms with Crippen molar-refractivity contribution in [2.75, 3.05) is 17.2 Å². The maximum absolute atomic E-state index is 13.3. The average Bonchev–Trinajstić information content (AvgIpc) is 3.50. The van der Waals surface area contributed by atoms with Gasteiger partial charge in [-0.05, 0) is 80.1 Å². The molecule has 9 heteroatoms. The molecule has 41 heavy (non-hydrogen) atoms. The molecule has 0 aliphatic carbocycles. The third-order valence-corrected chi connectivity index (χ3v) is 7.18. The fraction of sp³-hybridized carbons (Fsp3) is 0.156. The fourth-order valence-corrected chi connectivity index (χ4v) is 4.83. The summed E-state index contributed by atoms with van der Waals surface area (Å²) in [5, 5.41) is 8.12. The number of nitrogens with one attached hydrogen (secondary N) is 3. The highest BCUT2D eigenvalue weighted by Crippen LogP contribution is 2.29. The van der Waals surface area contributed by atoms with Crippen LogP contribution in [-0.2, 0) is 9.59 Å². The number of rotatable bonds is 12. The van der Waals surface area contributed by atoms with Crippen molar-refractivity contribution in [3.8, 4) is 5.75 Å². The molecule has 3 aromatic carbocycles. The molecule has 1 aromatic heterocycles. The van der Waals surface area contributed by atoms with Gasteiger partial charge in [0.15, 0.2) is 0 Å². The van der Waals surface area contributed by atoms with E-state index in [1.54, 1.807) is 72.8 Å². The molecule has 0 aliphatic rings. The largest absolute Gasteiger partial charge is 0.494 e. The number of thioether (sulfide) groups is 1. The normalized spacial score (nSPS) is 11.8. The number of hydrogen-bond donors (Lipinski definition) is 3. The predicted octanol–water partition coefficient (Wildman–Crippen LogP) is 6.60. The molecule has 1 heterocycles. The van der Waals surface area contributed by atoms with Gasteiger partial charge in [-0.15, -0.1) is 11.8 Å². The van der Waals surface area contributed by atoms with E-state index in [2.05, 4.69) is 16.0 Å². The average molecular weight is 570 g/mol. The minimum atomic E-state index is -0.520. The molecule has 0 fully saturated rings. The van der Waals surface area contributed by atoms with E-state index in [1.807, 2.05) is 32.0 Å². The summed E-state index contributed by atoms with van der Waals surface area (Å²) in [5.74, 6) is 0.0911. The number of hydrogen-bond acceptors (Lipinski definition) is 6. The number of carbonyl (C=O) groups is 3. The molecule has 3 N–H and O–H groups in total. The highest BCUT2D eigenvalue weighted by Gasteiger charge is 2.19. The number of anilines is 2. The van der Waals surface area contributed by atoms with E-state index in [0.717, 1.165) is 10.6 Å². The van der Waals surface area contributed by atoms with Crippen LogP contribution in [0.2, 0.25) is 0 Å². The van der Waals surface area contributed by atoms with Gasteiger partial charge in [0.1, 0.15) is 17.2 Å². The summed E-state index contributed by atoms with van der Waals surface area (Å²) in [7, 11) is 0. The van der Waals surface area contributed by atoms with Crippen LogP contribution in [0.1, 0.15) is 36.4 Å². The summed E-state index contributed by atoms with van der Waals surface area (Å²) in [6.45, 7) is 4.44. The lowest BCUT2D eigenvalue weighted by molar-refractivity contribution is -0.116. The third-order valence-electron chi connectivity index (χ3n) is 5.82. The molecule has 1 unspecified atom stereocenters. The SMILES string of the molecule is CCOc1ccc(NC(=O)C(CC)Sc2cccc(NC(=O)/C(=C/c3ccco3)NC(=O)c3ccccc3)c2)cc1. The Balaban J connectivity index is 1.43. The number of ether oxygens (including phenoxy) is 1. The Morgan fingerprint density at radius 2 is 1.66 bits per heavy atom. The van der Waals surface area contributed by atoms with Crippen molar-refractivity contribution in [2.24, 2.45) is 0 Å². The Morgan fingerprint density at radius 3 is 2.34 bits per heavy atom. The zero-order valence-electron chi connectivity index (χ0n) is 22.8. The van der Waals surface area contributed by atoms with Gasteiger partial charge >= 0.3 is 0 Å². The van der Waals surface area contributed by atoms with Gasteiger partial charge in [0.2, 0.25) is 5.91 Å². The highest BCUT2D eigenvalue weighted by molar-refractivity contribution is 8.00.